The lowest BCUT2D eigenvalue weighted by molar-refractivity contribution is -0.124. The fourth-order valence-electron chi connectivity index (χ4n) is 3.10. The van der Waals surface area contributed by atoms with Crippen molar-refractivity contribution in [3.63, 3.8) is 0 Å². The van der Waals surface area contributed by atoms with Gasteiger partial charge < -0.3 is 15.7 Å². The smallest absolute Gasteiger partial charge is 0.252 e. The van der Waals surface area contributed by atoms with Crippen molar-refractivity contribution in [2.24, 2.45) is 0 Å². The molecule has 3 N–H and O–H groups in total. The van der Waals surface area contributed by atoms with Crippen molar-refractivity contribution < 1.29 is 14.7 Å². The summed E-state index contributed by atoms with van der Waals surface area (Å²) in [6, 6.07) is 7.07. The van der Waals surface area contributed by atoms with Gasteiger partial charge in [-0.3, -0.25) is 9.59 Å². The lowest BCUT2D eigenvalue weighted by atomic mass is 9.92. The molecule has 6 heteroatoms. The Morgan fingerprint density at radius 1 is 1.36 bits per heavy atom. The Kier molecular flexibility index (Phi) is 4.40. The highest BCUT2D eigenvalue weighted by molar-refractivity contribution is 7.99. The van der Waals surface area contributed by atoms with E-state index in [0.29, 0.717) is 5.56 Å². The SMILES string of the molecule is O=C(CC1NC(=O)c2ccccc21)NC1(CO)CCSCC1. The summed E-state index contributed by atoms with van der Waals surface area (Å²) in [6.45, 7) is -0.0348. The summed E-state index contributed by atoms with van der Waals surface area (Å²) in [6.07, 6.45) is 1.78. The van der Waals surface area contributed by atoms with Gasteiger partial charge in [0.25, 0.3) is 5.91 Å². The molecule has 1 fully saturated rings. The van der Waals surface area contributed by atoms with Crippen LogP contribution in [0, 0.1) is 0 Å². The van der Waals surface area contributed by atoms with Gasteiger partial charge in [-0.2, -0.15) is 11.8 Å². The van der Waals surface area contributed by atoms with Gasteiger partial charge in [0, 0.05) is 5.56 Å². The van der Waals surface area contributed by atoms with E-state index in [4.69, 9.17) is 0 Å². The van der Waals surface area contributed by atoms with Gasteiger partial charge in [0.2, 0.25) is 5.91 Å². The first kappa shape index (κ1) is 15.4. The van der Waals surface area contributed by atoms with Crippen molar-refractivity contribution in [2.45, 2.75) is 30.8 Å². The molecule has 118 valence electrons. The molecule has 0 saturated carbocycles. The molecular formula is C16H20N2O3S. The van der Waals surface area contributed by atoms with Crippen LogP contribution in [0.2, 0.25) is 0 Å². The van der Waals surface area contributed by atoms with Crippen LogP contribution in [-0.4, -0.2) is 40.6 Å². The molecule has 2 aliphatic rings. The summed E-state index contributed by atoms with van der Waals surface area (Å²) in [7, 11) is 0. The number of carbonyl (C=O) groups excluding carboxylic acids is 2. The Labute approximate surface area is 133 Å². The van der Waals surface area contributed by atoms with Gasteiger partial charge >= 0.3 is 0 Å². The highest BCUT2D eigenvalue weighted by Gasteiger charge is 2.35. The third kappa shape index (κ3) is 2.98. The summed E-state index contributed by atoms with van der Waals surface area (Å²) in [5.74, 6) is 1.65. The van der Waals surface area contributed by atoms with Crippen LogP contribution in [0.1, 0.15) is 41.2 Å². The average Bonchev–Trinajstić information content (AvgIpc) is 2.85. The Bertz CT molecular complexity index is 585. The number of rotatable bonds is 4. The molecule has 2 aliphatic heterocycles. The van der Waals surface area contributed by atoms with Crippen LogP contribution in [0.25, 0.3) is 0 Å². The molecule has 22 heavy (non-hydrogen) atoms. The fourth-order valence-corrected chi connectivity index (χ4v) is 4.37. The number of aliphatic hydroxyl groups excluding tert-OH is 1. The van der Waals surface area contributed by atoms with Crippen LogP contribution in [0.4, 0.5) is 0 Å². The maximum absolute atomic E-state index is 12.4. The second-order valence-corrected chi connectivity index (χ2v) is 7.14. The molecule has 1 atom stereocenters. The number of fused-ring (bicyclic) bond motifs is 1. The molecule has 3 rings (SSSR count). The number of nitrogens with one attached hydrogen (secondary N) is 2. The predicted molar refractivity (Wildman–Crippen MR) is 85.8 cm³/mol. The Morgan fingerprint density at radius 2 is 2.09 bits per heavy atom. The van der Waals surface area contributed by atoms with Crippen molar-refractivity contribution in [1.82, 2.24) is 10.6 Å². The number of amides is 2. The van der Waals surface area contributed by atoms with E-state index in [2.05, 4.69) is 10.6 Å². The van der Waals surface area contributed by atoms with Crippen molar-refractivity contribution in [2.75, 3.05) is 18.1 Å². The van der Waals surface area contributed by atoms with Gasteiger partial charge in [-0.05, 0) is 36.0 Å². The van der Waals surface area contributed by atoms with E-state index in [1.807, 2.05) is 30.0 Å². The third-order valence-corrected chi connectivity index (χ3v) is 5.42. The van der Waals surface area contributed by atoms with Crippen molar-refractivity contribution >= 4 is 23.6 Å². The predicted octanol–water partition coefficient (Wildman–Crippen LogP) is 1.24. The quantitative estimate of drug-likeness (QED) is 0.780. The second-order valence-electron chi connectivity index (χ2n) is 5.92. The van der Waals surface area contributed by atoms with E-state index in [1.165, 1.54) is 0 Å². The van der Waals surface area contributed by atoms with E-state index in [9.17, 15) is 14.7 Å². The normalized spacial score (nSPS) is 22.8. The highest BCUT2D eigenvalue weighted by Crippen LogP contribution is 2.29. The molecule has 0 spiro atoms. The van der Waals surface area contributed by atoms with Crippen LogP contribution >= 0.6 is 11.8 Å². The minimum atomic E-state index is -0.496. The summed E-state index contributed by atoms with van der Waals surface area (Å²) in [4.78, 5) is 24.2. The zero-order valence-electron chi connectivity index (χ0n) is 12.3. The maximum atomic E-state index is 12.4. The van der Waals surface area contributed by atoms with E-state index in [0.717, 1.165) is 29.9 Å². The van der Waals surface area contributed by atoms with Crippen LogP contribution < -0.4 is 10.6 Å². The molecule has 1 aromatic rings. The monoisotopic (exact) mass is 320 g/mol. The number of thioether (sulfide) groups is 1. The Balaban J connectivity index is 1.66. The van der Waals surface area contributed by atoms with Gasteiger partial charge in [-0.15, -0.1) is 0 Å². The first-order valence-corrected chi connectivity index (χ1v) is 8.68. The molecule has 1 aromatic carbocycles. The van der Waals surface area contributed by atoms with Crippen molar-refractivity contribution in [1.29, 1.82) is 0 Å². The number of carbonyl (C=O) groups is 2. The number of benzene rings is 1. The summed E-state index contributed by atoms with van der Waals surface area (Å²) in [5, 5.41) is 15.5. The first-order chi connectivity index (χ1) is 10.6. The molecular weight excluding hydrogens is 300 g/mol. The average molecular weight is 320 g/mol. The molecule has 0 aromatic heterocycles. The molecule has 1 unspecified atom stereocenters. The van der Waals surface area contributed by atoms with Crippen LogP contribution in [0.15, 0.2) is 24.3 Å². The summed E-state index contributed by atoms with van der Waals surface area (Å²) in [5.41, 5.74) is 1.02. The van der Waals surface area contributed by atoms with E-state index < -0.39 is 5.54 Å². The van der Waals surface area contributed by atoms with Gasteiger partial charge in [0.15, 0.2) is 0 Å². The second kappa shape index (κ2) is 6.30. The van der Waals surface area contributed by atoms with Crippen LogP contribution in [0.3, 0.4) is 0 Å². The summed E-state index contributed by atoms with van der Waals surface area (Å²) < 4.78 is 0. The van der Waals surface area contributed by atoms with Crippen molar-refractivity contribution in [3.8, 4) is 0 Å². The van der Waals surface area contributed by atoms with Crippen LogP contribution in [-0.2, 0) is 4.79 Å². The Morgan fingerprint density at radius 3 is 2.82 bits per heavy atom. The molecule has 0 aliphatic carbocycles. The lowest BCUT2D eigenvalue weighted by Gasteiger charge is -2.36. The van der Waals surface area contributed by atoms with E-state index >= 15 is 0 Å². The zero-order chi connectivity index (χ0) is 15.6. The highest BCUT2D eigenvalue weighted by atomic mass is 32.2. The van der Waals surface area contributed by atoms with Crippen molar-refractivity contribution in [3.05, 3.63) is 35.4 Å². The Hall–Kier alpha value is -1.53. The lowest BCUT2D eigenvalue weighted by Crippen LogP contribution is -2.53. The molecule has 5 nitrogen and oxygen atoms in total. The standard InChI is InChI=1S/C16H20N2O3S/c19-10-16(5-7-22-8-6-16)18-14(20)9-13-11-3-1-2-4-12(11)15(21)17-13/h1-4,13,19H,5-10H2,(H,17,21)(H,18,20). The molecule has 2 amide bonds. The zero-order valence-corrected chi connectivity index (χ0v) is 13.1. The largest absolute Gasteiger partial charge is 0.394 e. The maximum Gasteiger partial charge on any atom is 0.252 e. The fraction of sp³-hybridized carbons (Fsp3) is 0.500. The minimum absolute atomic E-state index is 0.0348. The van der Waals surface area contributed by atoms with Gasteiger partial charge in [-0.1, -0.05) is 18.2 Å². The number of hydrogen-bond acceptors (Lipinski definition) is 4. The van der Waals surface area contributed by atoms with Crippen LogP contribution in [0.5, 0.6) is 0 Å². The topological polar surface area (TPSA) is 78.4 Å². The molecule has 2 heterocycles. The minimum Gasteiger partial charge on any atom is -0.394 e. The van der Waals surface area contributed by atoms with E-state index in [-0.39, 0.29) is 30.9 Å². The van der Waals surface area contributed by atoms with Gasteiger partial charge in [0.1, 0.15) is 0 Å². The van der Waals surface area contributed by atoms with E-state index in [1.54, 1.807) is 6.07 Å². The van der Waals surface area contributed by atoms with Gasteiger partial charge in [-0.25, -0.2) is 0 Å². The first-order valence-electron chi connectivity index (χ1n) is 7.53. The summed E-state index contributed by atoms with van der Waals surface area (Å²) >= 11 is 1.84. The van der Waals surface area contributed by atoms with Gasteiger partial charge in [0.05, 0.1) is 24.6 Å². The molecule has 1 saturated heterocycles. The molecule has 0 bridgehead atoms. The number of aliphatic hydroxyl groups is 1. The molecule has 0 radical (unpaired) electrons. The third-order valence-electron chi connectivity index (χ3n) is 4.43. The number of hydrogen-bond donors (Lipinski definition) is 3.